The minimum absolute atomic E-state index is 0.209. The predicted molar refractivity (Wildman–Crippen MR) is 65.1 cm³/mol. The molecule has 1 aliphatic rings. The lowest BCUT2D eigenvalue weighted by atomic mass is 9.85. The molecule has 0 radical (unpaired) electrons. The van der Waals surface area contributed by atoms with E-state index in [4.69, 9.17) is 0 Å². The maximum Gasteiger partial charge on any atom is 0.222 e. The van der Waals surface area contributed by atoms with Gasteiger partial charge in [0.1, 0.15) is 0 Å². The minimum Gasteiger partial charge on any atom is -0.391 e. The van der Waals surface area contributed by atoms with Gasteiger partial charge in [0.05, 0.1) is 6.10 Å². The van der Waals surface area contributed by atoms with Gasteiger partial charge in [0.2, 0.25) is 5.91 Å². The van der Waals surface area contributed by atoms with Gasteiger partial charge in [0.25, 0.3) is 0 Å². The van der Waals surface area contributed by atoms with Gasteiger partial charge in [-0.15, -0.1) is 0 Å². The van der Waals surface area contributed by atoms with Crippen molar-refractivity contribution in [2.24, 2.45) is 5.41 Å². The van der Waals surface area contributed by atoms with Gasteiger partial charge in [-0.05, 0) is 24.7 Å². The van der Waals surface area contributed by atoms with Crippen LogP contribution in [0.25, 0.3) is 0 Å². The Morgan fingerprint density at radius 3 is 2.75 bits per heavy atom. The summed E-state index contributed by atoms with van der Waals surface area (Å²) in [6.07, 6.45) is 4.03. The molecule has 1 saturated heterocycles. The Morgan fingerprint density at radius 2 is 2.12 bits per heavy atom. The molecular weight excluding hydrogens is 202 g/mol. The molecule has 0 aromatic carbocycles. The fraction of sp³-hybridized carbons (Fsp3) is 0.923. The monoisotopic (exact) mass is 227 g/mol. The molecule has 1 rings (SSSR count). The molecule has 3 heteroatoms. The number of likely N-dealkylation sites (tertiary alicyclic amines) is 1. The van der Waals surface area contributed by atoms with Crippen LogP contribution < -0.4 is 0 Å². The first-order valence-electron chi connectivity index (χ1n) is 6.40. The third kappa shape index (κ3) is 4.12. The molecule has 0 aromatic rings. The lowest BCUT2D eigenvalue weighted by Crippen LogP contribution is -2.37. The van der Waals surface area contributed by atoms with Gasteiger partial charge >= 0.3 is 0 Å². The number of nitrogens with zero attached hydrogens (tertiary/aromatic N) is 1. The molecule has 0 aromatic heterocycles. The van der Waals surface area contributed by atoms with E-state index in [-0.39, 0.29) is 17.4 Å². The van der Waals surface area contributed by atoms with Crippen LogP contribution in [0.5, 0.6) is 0 Å². The van der Waals surface area contributed by atoms with Crippen molar-refractivity contribution in [1.82, 2.24) is 4.90 Å². The van der Waals surface area contributed by atoms with Crippen LogP contribution in [0.3, 0.4) is 0 Å². The van der Waals surface area contributed by atoms with Crippen molar-refractivity contribution in [3.8, 4) is 0 Å². The smallest absolute Gasteiger partial charge is 0.222 e. The summed E-state index contributed by atoms with van der Waals surface area (Å²) in [7, 11) is 0. The molecule has 3 nitrogen and oxygen atoms in total. The van der Waals surface area contributed by atoms with Crippen LogP contribution in [0.4, 0.5) is 0 Å². The molecule has 0 spiro atoms. The molecule has 16 heavy (non-hydrogen) atoms. The molecule has 0 saturated carbocycles. The fourth-order valence-electron chi connectivity index (χ4n) is 2.16. The summed E-state index contributed by atoms with van der Waals surface area (Å²) >= 11 is 0. The summed E-state index contributed by atoms with van der Waals surface area (Å²) in [5.74, 6) is 0.209. The third-order valence-electron chi connectivity index (χ3n) is 3.48. The highest BCUT2D eigenvalue weighted by Crippen LogP contribution is 2.30. The molecule has 1 atom stereocenters. The molecule has 1 unspecified atom stereocenters. The molecule has 1 aliphatic heterocycles. The number of aliphatic hydroxyl groups excluding tert-OH is 1. The number of β-amino-alcohol motifs (C(OH)–C–C–N with tert-alkyl or cyclic N) is 1. The molecule has 94 valence electrons. The third-order valence-corrected chi connectivity index (χ3v) is 3.48. The standard InChI is InChI=1S/C13H25NO2/c1-4-5-11(15)10-14-9-8-13(2,3)7-6-12(14)16/h11,15H,4-10H2,1-3H3. The van der Waals surface area contributed by atoms with Crippen LogP contribution in [0.2, 0.25) is 0 Å². The Labute approximate surface area is 98.8 Å². The summed E-state index contributed by atoms with van der Waals surface area (Å²) in [6.45, 7) is 7.80. The zero-order valence-corrected chi connectivity index (χ0v) is 10.8. The van der Waals surface area contributed by atoms with E-state index in [0.717, 1.165) is 32.2 Å². The van der Waals surface area contributed by atoms with Crippen molar-refractivity contribution in [2.75, 3.05) is 13.1 Å². The molecule has 0 bridgehead atoms. The second-order valence-electron chi connectivity index (χ2n) is 5.70. The van der Waals surface area contributed by atoms with Crippen LogP contribution in [-0.2, 0) is 4.79 Å². The van der Waals surface area contributed by atoms with Crippen LogP contribution in [0, 0.1) is 5.41 Å². The van der Waals surface area contributed by atoms with E-state index in [9.17, 15) is 9.90 Å². The second kappa shape index (κ2) is 5.67. The quantitative estimate of drug-likeness (QED) is 0.799. The van der Waals surface area contributed by atoms with Crippen molar-refractivity contribution >= 4 is 5.91 Å². The Morgan fingerprint density at radius 1 is 1.44 bits per heavy atom. The van der Waals surface area contributed by atoms with Crippen LogP contribution in [0.15, 0.2) is 0 Å². The Balaban J connectivity index is 2.49. The Kier molecular flexibility index (Phi) is 4.78. The van der Waals surface area contributed by atoms with Gasteiger partial charge in [-0.3, -0.25) is 4.79 Å². The first kappa shape index (κ1) is 13.5. The summed E-state index contributed by atoms with van der Waals surface area (Å²) in [5, 5.41) is 9.75. The van der Waals surface area contributed by atoms with E-state index in [1.54, 1.807) is 0 Å². The normalized spacial score (nSPS) is 23.0. The van der Waals surface area contributed by atoms with E-state index in [1.807, 2.05) is 4.90 Å². The average molecular weight is 227 g/mol. The number of aliphatic hydroxyl groups is 1. The van der Waals surface area contributed by atoms with Gasteiger partial charge in [-0.2, -0.15) is 0 Å². The van der Waals surface area contributed by atoms with Crippen LogP contribution in [-0.4, -0.2) is 35.1 Å². The summed E-state index contributed by atoms with van der Waals surface area (Å²) in [6, 6.07) is 0. The zero-order valence-electron chi connectivity index (χ0n) is 10.8. The zero-order chi connectivity index (χ0) is 12.2. The molecule has 1 N–H and O–H groups in total. The molecule has 1 fully saturated rings. The van der Waals surface area contributed by atoms with Crippen molar-refractivity contribution in [3.05, 3.63) is 0 Å². The first-order valence-corrected chi connectivity index (χ1v) is 6.40. The largest absolute Gasteiger partial charge is 0.391 e. The van der Waals surface area contributed by atoms with Crippen molar-refractivity contribution < 1.29 is 9.90 Å². The maximum atomic E-state index is 11.9. The lowest BCUT2D eigenvalue weighted by Gasteiger charge is -2.25. The van der Waals surface area contributed by atoms with Crippen molar-refractivity contribution in [1.29, 1.82) is 0 Å². The minimum atomic E-state index is -0.352. The van der Waals surface area contributed by atoms with E-state index in [2.05, 4.69) is 20.8 Å². The molecule has 1 heterocycles. The number of carbonyl (C=O) groups excluding carboxylic acids is 1. The average Bonchev–Trinajstić information content (AvgIpc) is 2.31. The van der Waals surface area contributed by atoms with Gasteiger partial charge in [-0.1, -0.05) is 27.2 Å². The predicted octanol–water partition coefficient (Wildman–Crippen LogP) is 2.19. The highest BCUT2D eigenvalue weighted by molar-refractivity contribution is 5.76. The SMILES string of the molecule is CCCC(O)CN1CCC(C)(C)CCC1=O. The second-order valence-corrected chi connectivity index (χ2v) is 5.70. The topological polar surface area (TPSA) is 40.5 Å². The molecule has 0 aliphatic carbocycles. The van der Waals surface area contributed by atoms with Gasteiger partial charge in [0.15, 0.2) is 0 Å². The summed E-state index contributed by atoms with van der Waals surface area (Å²) < 4.78 is 0. The fourth-order valence-corrected chi connectivity index (χ4v) is 2.16. The van der Waals surface area contributed by atoms with E-state index >= 15 is 0 Å². The highest BCUT2D eigenvalue weighted by atomic mass is 16.3. The summed E-state index contributed by atoms with van der Waals surface area (Å²) in [4.78, 5) is 13.7. The van der Waals surface area contributed by atoms with Gasteiger partial charge < -0.3 is 10.0 Å². The Hall–Kier alpha value is -0.570. The van der Waals surface area contributed by atoms with Crippen LogP contribution in [0.1, 0.15) is 52.9 Å². The molecular formula is C13H25NO2. The first-order chi connectivity index (χ1) is 7.44. The van der Waals surface area contributed by atoms with Gasteiger partial charge in [0, 0.05) is 19.5 Å². The highest BCUT2D eigenvalue weighted by Gasteiger charge is 2.28. The number of rotatable bonds is 4. The Bertz CT molecular complexity index is 238. The molecule has 1 amide bonds. The number of carbonyl (C=O) groups is 1. The summed E-state index contributed by atoms with van der Waals surface area (Å²) in [5.41, 5.74) is 0.264. The van der Waals surface area contributed by atoms with E-state index < -0.39 is 0 Å². The van der Waals surface area contributed by atoms with Gasteiger partial charge in [-0.25, -0.2) is 0 Å². The van der Waals surface area contributed by atoms with E-state index in [0.29, 0.717) is 13.0 Å². The lowest BCUT2D eigenvalue weighted by molar-refractivity contribution is -0.132. The van der Waals surface area contributed by atoms with Crippen molar-refractivity contribution in [2.45, 2.75) is 59.0 Å². The number of hydrogen-bond donors (Lipinski definition) is 1. The maximum absolute atomic E-state index is 11.9. The van der Waals surface area contributed by atoms with Crippen molar-refractivity contribution in [3.63, 3.8) is 0 Å². The van der Waals surface area contributed by atoms with Crippen LogP contribution >= 0.6 is 0 Å². The number of amides is 1. The number of hydrogen-bond acceptors (Lipinski definition) is 2. The van der Waals surface area contributed by atoms with E-state index in [1.165, 1.54) is 0 Å².